The van der Waals surface area contributed by atoms with Crippen LogP contribution in [0, 0.1) is 0 Å². The lowest BCUT2D eigenvalue weighted by Crippen LogP contribution is -2.37. The number of ether oxygens (including phenoxy) is 1. The number of nitrogens with zero attached hydrogens (tertiary/aromatic N) is 2. The first-order valence-electron chi connectivity index (χ1n) is 8.99. The summed E-state index contributed by atoms with van der Waals surface area (Å²) >= 11 is 0. The van der Waals surface area contributed by atoms with Gasteiger partial charge in [0.2, 0.25) is 0 Å². The fraction of sp³-hybridized carbons (Fsp3) is 0.400. The van der Waals surface area contributed by atoms with Crippen LogP contribution in [0.4, 0.5) is 0 Å². The fourth-order valence-corrected chi connectivity index (χ4v) is 3.18. The monoisotopic (exact) mass is 356 g/mol. The van der Waals surface area contributed by atoms with E-state index in [1.807, 2.05) is 41.3 Å². The van der Waals surface area contributed by atoms with Gasteiger partial charge >= 0.3 is 5.97 Å². The van der Waals surface area contributed by atoms with Gasteiger partial charge in [-0.1, -0.05) is 30.3 Å². The minimum atomic E-state index is -0.218. The van der Waals surface area contributed by atoms with Crippen LogP contribution in [0.1, 0.15) is 23.9 Å². The van der Waals surface area contributed by atoms with Crippen LogP contribution in [0.25, 0.3) is 11.1 Å². The summed E-state index contributed by atoms with van der Waals surface area (Å²) < 4.78 is 10.5. The quantitative estimate of drug-likeness (QED) is 0.771. The molecule has 1 aliphatic rings. The van der Waals surface area contributed by atoms with Crippen LogP contribution >= 0.6 is 0 Å². The lowest BCUT2D eigenvalue weighted by molar-refractivity contribution is -0.144. The summed E-state index contributed by atoms with van der Waals surface area (Å²) in [5.74, 6) is 0.0477. The summed E-state index contributed by atoms with van der Waals surface area (Å²) in [7, 11) is 0. The van der Waals surface area contributed by atoms with Crippen molar-refractivity contribution in [1.82, 2.24) is 9.80 Å². The van der Waals surface area contributed by atoms with Gasteiger partial charge in [-0.3, -0.25) is 14.5 Å². The Bertz CT molecular complexity index is 741. The predicted octanol–water partition coefficient (Wildman–Crippen LogP) is 2.66. The summed E-state index contributed by atoms with van der Waals surface area (Å²) in [5.41, 5.74) is 1.77. The van der Waals surface area contributed by atoms with Gasteiger partial charge in [-0.05, 0) is 25.0 Å². The first kappa shape index (κ1) is 18.2. The molecule has 6 heteroatoms. The lowest BCUT2D eigenvalue weighted by atomic mass is 10.1. The number of carbonyl (C=O) groups is 2. The molecule has 3 rings (SSSR count). The molecule has 1 aliphatic heterocycles. The highest BCUT2D eigenvalue weighted by atomic mass is 16.5. The van der Waals surface area contributed by atoms with Gasteiger partial charge in [-0.15, -0.1) is 0 Å². The maximum Gasteiger partial charge on any atom is 0.320 e. The van der Waals surface area contributed by atoms with Crippen molar-refractivity contribution in [3.63, 3.8) is 0 Å². The van der Waals surface area contributed by atoms with Gasteiger partial charge < -0.3 is 14.1 Å². The number of hydrogen-bond acceptors (Lipinski definition) is 5. The number of benzene rings is 1. The zero-order valence-corrected chi connectivity index (χ0v) is 15.0. The highest BCUT2D eigenvalue weighted by Gasteiger charge is 2.25. The lowest BCUT2D eigenvalue weighted by Gasteiger charge is -2.21. The molecule has 138 valence electrons. The smallest absolute Gasteiger partial charge is 0.320 e. The normalized spacial score (nSPS) is 15.5. The number of esters is 1. The average molecular weight is 356 g/mol. The zero-order valence-electron chi connectivity index (χ0n) is 15.0. The largest absolute Gasteiger partial charge is 0.465 e. The topological polar surface area (TPSA) is 63.0 Å². The molecule has 1 saturated heterocycles. The van der Waals surface area contributed by atoms with Crippen molar-refractivity contribution in [2.24, 2.45) is 0 Å². The molecule has 2 aromatic rings. The Kier molecular flexibility index (Phi) is 6.07. The predicted molar refractivity (Wildman–Crippen MR) is 97.7 cm³/mol. The van der Waals surface area contributed by atoms with Crippen molar-refractivity contribution >= 4 is 11.9 Å². The summed E-state index contributed by atoms with van der Waals surface area (Å²) in [5, 5.41) is 0. The van der Waals surface area contributed by atoms with E-state index in [1.54, 1.807) is 18.1 Å². The van der Waals surface area contributed by atoms with Gasteiger partial charge in [0.05, 0.1) is 19.4 Å². The molecule has 1 fully saturated rings. The Morgan fingerprint density at radius 2 is 1.88 bits per heavy atom. The highest BCUT2D eigenvalue weighted by Crippen LogP contribution is 2.26. The molecule has 2 heterocycles. The molecule has 1 aromatic carbocycles. The summed E-state index contributed by atoms with van der Waals surface area (Å²) in [6, 6.07) is 11.6. The molecule has 6 nitrogen and oxygen atoms in total. The molecule has 1 aromatic heterocycles. The molecule has 0 saturated carbocycles. The molecule has 26 heavy (non-hydrogen) atoms. The molecular weight excluding hydrogens is 332 g/mol. The average Bonchev–Trinajstić information content (AvgIpc) is 3.03. The van der Waals surface area contributed by atoms with Gasteiger partial charge in [-0.2, -0.15) is 0 Å². The van der Waals surface area contributed by atoms with E-state index in [-0.39, 0.29) is 18.4 Å². The van der Waals surface area contributed by atoms with Crippen molar-refractivity contribution < 1.29 is 18.7 Å². The van der Waals surface area contributed by atoms with Crippen LogP contribution in [-0.4, -0.2) is 61.0 Å². The molecule has 1 amide bonds. The maximum absolute atomic E-state index is 13.0. The molecule has 0 aliphatic carbocycles. The number of rotatable bonds is 5. The minimum Gasteiger partial charge on any atom is -0.465 e. The molecule has 0 atom stereocenters. The van der Waals surface area contributed by atoms with Crippen molar-refractivity contribution in [2.45, 2.75) is 13.3 Å². The zero-order chi connectivity index (χ0) is 18.4. The molecule has 0 N–H and O–H groups in total. The second-order valence-electron chi connectivity index (χ2n) is 6.26. The van der Waals surface area contributed by atoms with E-state index < -0.39 is 0 Å². The van der Waals surface area contributed by atoms with E-state index in [9.17, 15) is 9.59 Å². The number of carbonyl (C=O) groups excluding carboxylic acids is 2. The van der Waals surface area contributed by atoms with Gasteiger partial charge in [0, 0.05) is 31.7 Å². The Balaban J connectivity index is 1.66. The van der Waals surface area contributed by atoms with Crippen LogP contribution in [0.2, 0.25) is 0 Å². The second kappa shape index (κ2) is 8.67. The van der Waals surface area contributed by atoms with Gasteiger partial charge in [0.25, 0.3) is 5.91 Å². The third-order valence-corrected chi connectivity index (χ3v) is 4.48. The van der Waals surface area contributed by atoms with Gasteiger partial charge in [0.1, 0.15) is 0 Å². The number of amides is 1. The molecular formula is C20H24N2O4. The Morgan fingerprint density at radius 3 is 2.65 bits per heavy atom. The summed E-state index contributed by atoms with van der Waals surface area (Å²) in [4.78, 5) is 28.5. The van der Waals surface area contributed by atoms with Crippen LogP contribution < -0.4 is 0 Å². The third kappa shape index (κ3) is 4.32. The van der Waals surface area contributed by atoms with Crippen molar-refractivity contribution in [3.05, 3.63) is 48.4 Å². The Hall–Kier alpha value is -2.60. The van der Waals surface area contributed by atoms with Gasteiger partial charge in [0.15, 0.2) is 5.76 Å². The standard InChI is InChI=1S/C20H24N2O4/c1-2-25-18(23)15-21-10-6-11-22(13-12-21)20(24)19-17(9-14-26-19)16-7-4-3-5-8-16/h3-5,7-9,14H,2,6,10-13,15H2,1H3. The number of hydrogen-bond donors (Lipinski definition) is 0. The first-order valence-corrected chi connectivity index (χ1v) is 8.99. The van der Waals surface area contributed by atoms with E-state index in [4.69, 9.17) is 9.15 Å². The first-order chi connectivity index (χ1) is 12.7. The van der Waals surface area contributed by atoms with E-state index in [0.29, 0.717) is 32.0 Å². The van der Waals surface area contributed by atoms with Crippen LogP contribution in [-0.2, 0) is 9.53 Å². The third-order valence-electron chi connectivity index (χ3n) is 4.48. The SMILES string of the molecule is CCOC(=O)CN1CCCN(C(=O)c2occc2-c2ccccc2)CC1. The molecule has 0 unspecified atom stereocenters. The summed E-state index contributed by atoms with van der Waals surface area (Å²) in [6.07, 6.45) is 2.37. The Labute approximate surface area is 153 Å². The van der Waals surface area contributed by atoms with Crippen molar-refractivity contribution in [2.75, 3.05) is 39.3 Å². The number of furan rings is 1. The van der Waals surface area contributed by atoms with E-state index in [0.717, 1.165) is 24.1 Å². The summed E-state index contributed by atoms with van der Waals surface area (Å²) in [6.45, 7) is 5.08. The maximum atomic E-state index is 13.0. The van der Waals surface area contributed by atoms with Crippen molar-refractivity contribution in [3.8, 4) is 11.1 Å². The van der Waals surface area contributed by atoms with Gasteiger partial charge in [-0.25, -0.2) is 0 Å². The van der Waals surface area contributed by atoms with E-state index in [2.05, 4.69) is 0 Å². The van der Waals surface area contributed by atoms with Crippen LogP contribution in [0.15, 0.2) is 47.1 Å². The van der Waals surface area contributed by atoms with E-state index >= 15 is 0 Å². The van der Waals surface area contributed by atoms with Crippen LogP contribution in [0.3, 0.4) is 0 Å². The van der Waals surface area contributed by atoms with Crippen molar-refractivity contribution in [1.29, 1.82) is 0 Å². The second-order valence-corrected chi connectivity index (χ2v) is 6.26. The van der Waals surface area contributed by atoms with E-state index in [1.165, 1.54) is 0 Å². The Morgan fingerprint density at radius 1 is 1.08 bits per heavy atom. The highest BCUT2D eigenvalue weighted by molar-refractivity contribution is 5.98. The molecule has 0 spiro atoms. The molecule has 0 bridgehead atoms. The minimum absolute atomic E-state index is 0.105. The molecule has 0 radical (unpaired) electrons. The van der Waals surface area contributed by atoms with Crippen LogP contribution in [0.5, 0.6) is 0 Å². The fourth-order valence-electron chi connectivity index (χ4n) is 3.18.